The molecule has 152 valence electrons. The predicted octanol–water partition coefficient (Wildman–Crippen LogP) is 7.62. The van der Waals surface area contributed by atoms with Crippen molar-refractivity contribution in [1.82, 2.24) is 0 Å². The molecule has 4 aromatic carbocycles. The van der Waals surface area contributed by atoms with Crippen molar-refractivity contribution < 1.29 is 13.5 Å². The van der Waals surface area contributed by atoms with Crippen LogP contribution in [-0.2, 0) is 12.8 Å². The molecule has 4 aromatic rings. The van der Waals surface area contributed by atoms with E-state index in [1.807, 2.05) is 61.5 Å². The third kappa shape index (κ3) is 4.31. The Labute approximate surface area is 179 Å². The van der Waals surface area contributed by atoms with Gasteiger partial charge in [-0.1, -0.05) is 54.1 Å². The second-order valence-electron chi connectivity index (χ2n) is 7.18. The van der Waals surface area contributed by atoms with Crippen molar-refractivity contribution in [2.45, 2.75) is 19.8 Å². The van der Waals surface area contributed by atoms with Gasteiger partial charge in [0.15, 0.2) is 0 Å². The fourth-order valence-electron chi connectivity index (χ4n) is 3.59. The van der Waals surface area contributed by atoms with Gasteiger partial charge in [0.25, 0.3) is 0 Å². The van der Waals surface area contributed by atoms with E-state index in [1.54, 1.807) is 6.07 Å². The van der Waals surface area contributed by atoms with Gasteiger partial charge in [0.2, 0.25) is 0 Å². The van der Waals surface area contributed by atoms with Crippen molar-refractivity contribution in [3.8, 4) is 16.9 Å². The molecule has 0 atom stereocenters. The Hall–Kier alpha value is -2.91. The number of aryl methyl sites for hydroxylation is 2. The van der Waals surface area contributed by atoms with Gasteiger partial charge in [-0.25, -0.2) is 8.78 Å². The topological polar surface area (TPSA) is 9.23 Å². The first-order chi connectivity index (χ1) is 14.5. The lowest BCUT2D eigenvalue weighted by atomic mass is 9.97. The summed E-state index contributed by atoms with van der Waals surface area (Å²) < 4.78 is 34.2. The normalized spacial score (nSPS) is 11.1. The molecule has 30 heavy (non-hydrogen) atoms. The summed E-state index contributed by atoms with van der Waals surface area (Å²) in [5.41, 5.74) is 3.48. The summed E-state index contributed by atoms with van der Waals surface area (Å²) in [6.07, 6.45) is 1.03. The Balaban J connectivity index is 1.56. The van der Waals surface area contributed by atoms with E-state index in [0.717, 1.165) is 27.8 Å². The molecule has 0 heterocycles. The van der Waals surface area contributed by atoms with Gasteiger partial charge < -0.3 is 4.74 Å². The molecule has 0 saturated heterocycles. The maximum absolute atomic E-state index is 15.1. The molecular weight excluding hydrogens is 402 g/mol. The Kier molecular flexibility index (Phi) is 6.01. The summed E-state index contributed by atoms with van der Waals surface area (Å²) in [6.45, 7) is 2.58. The zero-order valence-corrected chi connectivity index (χ0v) is 17.3. The largest absolute Gasteiger partial charge is 0.494 e. The van der Waals surface area contributed by atoms with Gasteiger partial charge in [-0.05, 0) is 77.7 Å². The molecule has 0 unspecified atom stereocenters. The van der Waals surface area contributed by atoms with E-state index < -0.39 is 5.82 Å². The standard InChI is InChI=1S/C26H21ClF2O/c1-2-30-22-11-8-18(9-12-22)20-10-13-23-21(16-20)7-6-19(26(23)29)5-3-17-4-14-24(27)25(28)15-17/h4,6-16H,2-3,5H2,1H3. The van der Waals surface area contributed by atoms with Crippen molar-refractivity contribution in [2.75, 3.05) is 6.61 Å². The van der Waals surface area contributed by atoms with Gasteiger partial charge in [0, 0.05) is 5.39 Å². The minimum Gasteiger partial charge on any atom is -0.494 e. The minimum absolute atomic E-state index is 0.0963. The fourth-order valence-corrected chi connectivity index (χ4v) is 3.71. The van der Waals surface area contributed by atoms with Crippen molar-refractivity contribution in [2.24, 2.45) is 0 Å². The molecule has 0 radical (unpaired) electrons. The van der Waals surface area contributed by atoms with Crippen molar-refractivity contribution >= 4 is 22.4 Å². The second-order valence-corrected chi connectivity index (χ2v) is 7.59. The summed E-state index contributed by atoms with van der Waals surface area (Å²) in [5.74, 6) is 0.161. The van der Waals surface area contributed by atoms with E-state index in [9.17, 15) is 4.39 Å². The SMILES string of the molecule is CCOc1ccc(-c2ccc3c(F)c(CCc4ccc(Cl)c(F)c4)ccc3c2)cc1. The molecule has 0 aliphatic heterocycles. The number of ether oxygens (including phenoxy) is 1. The number of benzene rings is 4. The smallest absolute Gasteiger partial charge is 0.142 e. The Morgan fingerprint density at radius 1 is 0.800 bits per heavy atom. The van der Waals surface area contributed by atoms with Crippen LogP contribution in [0.25, 0.3) is 21.9 Å². The van der Waals surface area contributed by atoms with Gasteiger partial charge in [-0.15, -0.1) is 0 Å². The summed E-state index contributed by atoms with van der Waals surface area (Å²) in [5, 5.41) is 1.53. The average molecular weight is 423 g/mol. The minimum atomic E-state index is -0.449. The first-order valence-corrected chi connectivity index (χ1v) is 10.3. The Morgan fingerprint density at radius 3 is 2.30 bits per heavy atom. The summed E-state index contributed by atoms with van der Waals surface area (Å²) in [6, 6.07) is 22.1. The molecule has 0 saturated carbocycles. The maximum atomic E-state index is 15.1. The number of hydrogen-bond donors (Lipinski definition) is 0. The molecule has 0 aromatic heterocycles. The molecule has 0 amide bonds. The van der Waals surface area contributed by atoms with Crippen molar-refractivity contribution in [3.05, 3.63) is 101 Å². The zero-order valence-electron chi connectivity index (χ0n) is 16.6. The van der Waals surface area contributed by atoms with E-state index in [1.165, 1.54) is 12.1 Å². The predicted molar refractivity (Wildman–Crippen MR) is 119 cm³/mol. The van der Waals surface area contributed by atoms with E-state index in [0.29, 0.717) is 30.4 Å². The van der Waals surface area contributed by atoms with Gasteiger partial charge >= 0.3 is 0 Å². The summed E-state index contributed by atoms with van der Waals surface area (Å²) in [4.78, 5) is 0. The average Bonchev–Trinajstić information content (AvgIpc) is 2.76. The van der Waals surface area contributed by atoms with E-state index in [2.05, 4.69) is 0 Å². The number of halogens is 3. The van der Waals surface area contributed by atoms with Crippen LogP contribution in [0.2, 0.25) is 5.02 Å². The van der Waals surface area contributed by atoms with Crippen molar-refractivity contribution in [3.63, 3.8) is 0 Å². The van der Waals surface area contributed by atoms with Crippen LogP contribution in [0.5, 0.6) is 5.75 Å². The molecule has 4 rings (SSSR count). The number of rotatable bonds is 6. The van der Waals surface area contributed by atoms with Crippen LogP contribution in [0.4, 0.5) is 8.78 Å². The van der Waals surface area contributed by atoms with Gasteiger partial charge in [0.05, 0.1) is 11.6 Å². The number of hydrogen-bond acceptors (Lipinski definition) is 1. The first kappa shape index (κ1) is 20.4. The van der Waals surface area contributed by atoms with Crippen LogP contribution in [0, 0.1) is 11.6 Å². The highest BCUT2D eigenvalue weighted by molar-refractivity contribution is 6.30. The van der Waals surface area contributed by atoms with Crippen molar-refractivity contribution in [1.29, 1.82) is 0 Å². The molecule has 1 nitrogen and oxygen atoms in total. The maximum Gasteiger partial charge on any atom is 0.142 e. The molecule has 4 heteroatoms. The zero-order chi connectivity index (χ0) is 21.1. The Morgan fingerprint density at radius 2 is 1.57 bits per heavy atom. The van der Waals surface area contributed by atoms with Gasteiger partial charge in [-0.3, -0.25) is 0 Å². The molecule has 0 bridgehead atoms. The van der Waals surface area contributed by atoms with Gasteiger partial charge in [0.1, 0.15) is 17.4 Å². The van der Waals surface area contributed by atoms with Gasteiger partial charge in [-0.2, -0.15) is 0 Å². The fraction of sp³-hybridized carbons (Fsp3) is 0.154. The van der Waals surface area contributed by atoms with E-state index in [4.69, 9.17) is 16.3 Å². The highest BCUT2D eigenvalue weighted by atomic mass is 35.5. The molecule has 0 N–H and O–H groups in total. The lowest BCUT2D eigenvalue weighted by Crippen LogP contribution is -1.97. The quantitative estimate of drug-likeness (QED) is 0.310. The third-order valence-corrected chi connectivity index (χ3v) is 5.51. The molecule has 0 aliphatic carbocycles. The monoisotopic (exact) mass is 422 g/mol. The summed E-state index contributed by atoms with van der Waals surface area (Å²) in [7, 11) is 0. The highest BCUT2D eigenvalue weighted by Gasteiger charge is 2.10. The Bertz CT molecular complexity index is 1190. The van der Waals surface area contributed by atoms with Crippen LogP contribution in [0.15, 0.2) is 72.8 Å². The van der Waals surface area contributed by atoms with E-state index >= 15 is 4.39 Å². The van der Waals surface area contributed by atoms with Crippen LogP contribution in [0.3, 0.4) is 0 Å². The number of fused-ring (bicyclic) bond motifs is 1. The second kappa shape index (κ2) is 8.85. The molecular formula is C26H21ClF2O. The van der Waals surface area contributed by atoms with Crippen LogP contribution in [-0.4, -0.2) is 6.61 Å². The first-order valence-electron chi connectivity index (χ1n) is 9.93. The molecule has 0 spiro atoms. The third-order valence-electron chi connectivity index (χ3n) is 5.20. The van der Waals surface area contributed by atoms with E-state index in [-0.39, 0.29) is 10.8 Å². The molecule has 0 fully saturated rings. The highest BCUT2D eigenvalue weighted by Crippen LogP contribution is 2.29. The van der Waals surface area contributed by atoms with Crippen LogP contribution < -0.4 is 4.74 Å². The molecule has 0 aliphatic rings. The van der Waals surface area contributed by atoms with Crippen LogP contribution in [0.1, 0.15) is 18.1 Å². The summed E-state index contributed by atoms with van der Waals surface area (Å²) >= 11 is 5.73. The lowest BCUT2D eigenvalue weighted by molar-refractivity contribution is 0.340. The lowest BCUT2D eigenvalue weighted by Gasteiger charge is -2.10. The van der Waals surface area contributed by atoms with Crippen LogP contribution >= 0.6 is 11.6 Å².